The molecule has 0 unspecified atom stereocenters. The molecular weight excluding hydrogens is 226 g/mol. The minimum atomic E-state index is -0.152. The van der Waals surface area contributed by atoms with Crippen molar-refractivity contribution in [1.82, 2.24) is 4.98 Å². The van der Waals surface area contributed by atoms with E-state index in [-0.39, 0.29) is 5.91 Å². The Morgan fingerprint density at radius 1 is 1.28 bits per heavy atom. The van der Waals surface area contributed by atoms with Crippen LogP contribution in [0.25, 0.3) is 0 Å². The van der Waals surface area contributed by atoms with Crippen LogP contribution in [0.3, 0.4) is 0 Å². The van der Waals surface area contributed by atoms with Crippen LogP contribution in [0.5, 0.6) is 0 Å². The highest BCUT2D eigenvalue weighted by Gasteiger charge is 2.08. The lowest BCUT2D eigenvalue weighted by Crippen LogP contribution is -2.14. The van der Waals surface area contributed by atoms with Gasteiger partial charge in [0.05, 0.1) is 0 Å². The van der Waals surface area contributed by atoms with Gasteiger partial charge in [-0.3, -0.25) is 4.79 Å². The van der Waals surface area contributed by atoms with E-state index >= 15 is 0 Å². The molecular formula is C14H15N3O. The molecule has 0 fully saturated rings. The number of rotatable bonds is 3. The number of nitrogens with one attached hydrogen (secondary N) is 1. The van der Waals surface area contributed by atoms with Crippen molar-refractivity contribution in [3.63, 3.8) is 0 Å². The van der Waals surface area contributed by atoms with Gasteiger partial charge in [0.1, 0.15) is 5.82 Å². The normalized spacial score (nSPS) is 10.1. The van der Waals surface area contributed by atoms with Crippen LogP contribution in [0.15, 0.2) is 42.6 Å². The van der Waals surface area contributed by atoms with Gasteiger partial charge < -0.3 is 11.1 Å². The first-order valence-electron chi connectivity index (χ1n) is 5.72. The smallest absolute Gasteiger partial charge is 0.257 e. The summed E-state index contributed by atoms with van der Waals surface area (Å²) in [7, 11) is 0. The van der Waals surface area contributed by atoms with Crippen LogP contribution in [-0.2, 0) is 6.54 Å². The highest BCUT2D eigenvalue weighted by molar-refractivity contribution is 6.04. The van der Waals surface area contributed by atoms with Crippen molar-refractivity contribution in [1.29, 1.82) is 0 Å². The number of benzene rings is 1. The Hall–Kier alpha value is -2.20. The standard InChI is InChI=1S/C14H15N3O/c1-10-4-2-3-5-12(10)14(18)17-13-7-6-11(8-15)9-16-13/h2-7,9H,8,15H2,1H3,(H,16,17,18). The summed E-state index contributed by atoms with van der Waals surface area (Å²) < 4.78 is 0. The second-order valence-electron chi connectivity index (χ2n) is 4.02. The molecule has 0 aliphatic heterocycles. The first-order valence-corrected chi connectivity index (χ1v) is 5.72. The molecule has 3 N–H and O–H groups in total. The molecule has 2 aromatic rings. The third-order valence-corrected chi connectivity index (χ3v) is 2.69. The van der Waals surface area contributed by atoms with E-state index in [0.29, 0.717) is 17.9 Å². The van der Waals surface area contributed by atoms with Crippen molar-refractivity contribution in [2.45, 2.75) is 13.5 Å². The van der Waals surface area contributed by atoms with Gasteiger partial charge in [0.15, 0.2) is 0 Å². The fourth-order valence-corrected chi connectivity index (χ4v) is 1.63. The molecule has 0 saturated carbocycles. The minimum absolute atomic E-state index is 0.152. The molecule has 0 atom stereocenters. The molecule has 0 aliphatic rings. The number of nitrogens with zero attached hydrogens (tertiary/aromatic N) is 1. The number of carbonyl (C=O) groups excluding carboxylic acids is 1. The Balaban J connectivity index is 2.14. The van der Waals surface area contributed by atoms with Crippen LogP contribution in [-0.4, -0.2) is 10.9 Å². The van der Waals surface area contributed by atoms with E-state index in [9.17, 15) is 4.79 Å². The summed E-state index contributed by atoms with van der Waals surface area (Å²) in [6.45, 7) is 2.35. The zero-order valence-electron chi connectivity index (χ0n) is 10.2. The predicted molar refractivity (Wildman–Crippen MR) is 71.3 cm³/mol. The van der Waals surface area contributed by atoms with Gasteiger partial charge in [0.2, 0.25) is 0 Å². The Kier molecular flexibility index (Phi) is 3.69. The van der Waals surface area contributed by atoms with E-state index in [1.165, 1.54) is 0 Å². The molecule has 1 aromatic carbocycles. The monoisotopic (exact) mass is 241 g/mol. The van der Waals surface area contributed by atoms with Crippen molar-refractivity contribution < 1.29 is 4.79 Å². The summed E-state index contributed by atoms with van der Waals surface area (Å²) >= 11 is 0. The number of pyridine rings is 1. The van der Waals surface area contributed by atoms with Gasteiger partial charge in [0, 0.05) is 18.3 Å². The molecule has 18 heavy (non-hydrogen) atoms. The number of nitrogens with two attached hydrogens (primary N) is 1. The third-order valence-electron chi connectivity index (χ3n) is 2.69. The van der Waals surface area contributed by atoms with Crippen LogP contribution >= 0.6 is 0 Å². The lowest BCUT2D eigenvalue weighted by atomic mass is 10.1. The molecule has 1 heterocycles. The van der Waals surface area contributed by atoms with Crippen molar-refractivity contribution in [2.75, 3.05) is 5.32 Å². The number of aromatic nitrogens is 1. The average molecular weight is 241 g/mol. The zero-order chi connectivity index (χ0) is 13.0. The molecule has 0 spiro atoms. The van der Waals surface area contributed by atoms with Gasteiger partial charge in [-0.2, -0.15) is 0 Å². The molecule has 92 valence electrons. The molecule has 0 radical (unpaired) electrons. The second-order valence-corrected chi connectivity index (χ2v) is 4.02. The minimum Gasteiger partial charge on any atom is -0.326 e. The number of anilines is 1. The topological polar surface area (TPSA) is 68.0 Å². The summed E-state index contributed by atoms with van der Waals surface area (Å²) in [4.78, 5) is 16.1. The SMILES string of the molecule is Cc1ccccc1C(=O)Nc1ccc(CN)cn1. The zero-order valence-corrected chi connectivity index (χ0v) is 10.2. The largest absolute Gasteiger partial charge is 0.326 e. The van der Waals surface area contributed by atoms with Gasteiger partial charge in [-0.25, -0.2) is 4.98 Å². The molecule has 2 rings (SSSR count). The van der Waals surface area contributed by atoms with Crippen LogP contribution in [0.2, 0.25) is 0 Å². The predicted octanol–water partition coefficient (Wildman–Crippen LogP) is 2.10. The van der Waals surface area contributed by atoms with E-state index in [2.05, 4.69) is 10.3 Å². The Bertz CT molecular complexity index is 549. The summed E-state index contributed by atoms with van der Waals surface area (Å²) in [5.41, 5.74) is 8.01. The van der Waals surface area contributed by atoms with Crippen LogP contribution in [0.4, 0.5) is 5.82 Å². The molecule has 1 aromatic heterocycles. The number of hydrogen-bond acceptors (Lipinski definition) is 3. The summed E-state index contributed by atoms with van der Waals surface area (Å²) in [5, 5.41) is 2.76. The van der Waals surface area contributed by atoms with Crippen LogP contribution in [0.1, 0.15) is 21.5 Å². The van der Waals surface area contributed by atoms with Crippen molar-refractivity contribution in [2.24, 2.45) is 5.73 Å². The van der Waals surface area contributed by atoms with Crippen LogP contribution in [0, 0.1) is 6.92 Å². The van der Waals surface area contributed by atoms with E-state index < -0.39 is 0 Å². The van der Waals surface area contributed by atoms with Gasteiger partial charge in [-0.15, -0.1) is 0 Å². The average Bonchev–Trinajstić information content (AvgIpc) is 2.40. The lowest BCUT2D eigenvalue weighted by molar-refractivity contribution is 0.102. The summed E-state index contributed by atoms with van der Waals surface area (Å²) in [5.74, 6) is 0.376. The third kappa shape index (κ3) is 2.73. The molecule has 1 amide bonds. The first kappa shape index (κ1) is 12.3. The first-order chi connectivity index (χ1) is 8.70. The number of carbonyl (C=O) groups is 1. The van der Waals surface area contributed by atoms with E-state index in [1.54, 1.807) is 18.3 Å². The maximum absolute atomic E-state index is 12.0. The maximum Gasteiger partial charge on any atom is 0.257 e. The molecule has 4 nitrogen and oxygen atoms in total. The Morgan fingerprint density at radius 2 is 2.06 bits per heavy atom. The molecule has 4 heteroatoms. The highest BCUT2D eigenvalue weighted by atomic mass is 16.1. The Labute approximate surface area is 106 Å². The molecule has 0 aliphatic carbocycles. The quantitative estimate of drug-likeness (QED) is 0.864. The van der Waals surface area contributed by atoms with Gasteiger partial charge in [-0.1, -0.05) is 24.3 Å². The van der Waals surface area contributed by atoms with E-state index in [4.69, 9.17) is 5.73 Å². The van der Waals surface area contributed by atoms with Gasteiger partial charge in [-0.05, 0) is 30.2 Å². The summed E-state index contributed by atoms with van der Waals surface area (Å²) in [6, 6.07) is 11.0. The Morgan fingerprint density at radius 3 is 2.67 bits per heavy atom. The van der Waals surface area contributed by atoms with Crippen molar-refractivity contribution >= 4 is 11.7 Å². The summed E-state index contributed by atoms with van der Waals surface area (Å²) in [6.07, 6.45) is 1.66. The fraction of sp³-hybridized carbons (Fsp3) is 0.143. The number of hydrogen-bond donors (Lipinski definition) is 2. The van der Waals surface area contributed by atoms with Crippen LogP contribution < -0.4 is 11.1 Å². The number of amides is 1. The van der Waals surface area contributed by atoms with Gasteiger partial charge >= 0.3 is 0 Å². The van der Waals surface area contributed by atoms with E-state index in [0.717, 1.165) is 11.1 Å². The maximum atomic E-state index is 12.0. The van der Waals surface area contributed by atoms with Crippen molar-refractivity contribution in [3.05, 3.63) is 59.3 Å². The number of aryl methyl sites for hydroxylation is 1. The van der Waals surface area contributed by atoms with Gasteiger partial charge in [0.25, 0.3) is 5.91 Å². The van der Waals surface area contributed by atoms with E-state index in [1.807, 2.05) is 31.2 Å². The van der Waals surface area contributed by atoms with Crippen molar-refractivity contribution in [3.8, 4) is 0 Å². The second kappa shape index (κ2) is 5.42. The molecule has 0 saturated heterocycles. The highest BCUT2D eigenvalue weighted by Crippen LogP contribution is 2.10. The lowest BCUT2D eigenvalue weighted by Gasteiger charge is -2.07. The molecule has 0 bridgehead atoms. The fourth-order valence-electron chi connectivity index (χ4n) is 1.63.